The predicted molar refractivity (Wildman–Crippen MR) is 88.5 cm³/mol. The molecule has 0 bridgehead atoms. The van der Waals surface area contributed by atoms with Crippen molar-refractivity contribution in [1.82, 2.24) is 5.32 Å². The molecule has 1 heterocycles. The lowest BCUT2D eigenvalue weighted by Gasteiger charge is -2.11. The van der Waals surface area contributed by atoms with Gasteiger partial charge in [0.25, 0.3) is 0 Å². The van der Waals surface area contributed by atoms with Crippen molar-refractivity contribution in [2.75, 3.05) is 12.4 Å². The topological polar surface area (TPSA) is 80.6 Å². The second kappa shape index (κ2) is 6.78. The monoisotopic (exact) mass is 328 g/mol. The Labute approximate surface area is 140 Å². The first-order valence-electron chi connectivity index (χ1n) is 7.84. The Hall–Kier alpha value is -2.76. The fourth-order valence-electron chi connectivity index (χ4n) is 2.64. The summed E-state index contributed by atoms with van der Waals surface area (Å²) in [7, 11) is 1.56. The molecule has 6 heteroatoms. The van der Waals surface area contributed by atoms with E-state index in [0.29, 0.717) is 30.2 Å². The molecule has 2 atom stereocenters. The lowest BCUT2D eigenvalue weighted by molar-refractivity contribution is -0.125. The number of carbonyl (C=O) groups is 2. The number of rotatable bonds is 6. The van der Waals surface area contributed by atoms with Gasteiger partial charge in [-0.05, 0) is 43.2 Å². The van der Waals surface area contributed by atoms with E-state index in [1.165, 1.54) is 0 Å². The normalized spacial score (nSPS) is 18.8. The standard InChI is InChI=1S/C18H20N2O4/c1-11-5-6-16(23-2)15(8-11)20-18(22)14-9-13(14)17(21)19-10-12-4-3-7-24-12/h3-8,13-14H,9-10H2,1-2H3,(H,19,21)(H,20,22). The van der Waals surface area contributed by atoms with Gasteiger partial charge in [0.1, 0.15) is 11.5 Å². The molecular formula is C18H20N2O4. The molecular weight excluding hydrogens is 308 g/mol. The maximum atomic E-state index is 12.3. The van der Waals surface area contributed by atoms with Crippen LogP contribution in [-0.2, 0) is 16.1 Å². The average molecular weight is 328 g/mol. The van der Waals surface area contributed by atoms with E-state index in [2.05, 4.69) is 10.6 Å². The zero-order valence-electron chi connectivity index (χ0n) is 13.7. The highest BCUT2D eigenvalue weighted by Crippen LogP contribution is 2.40. The van der Waals surface area contributed by atoms with Gasteiger partial charge in [-0.3, -0.25) is 9.59 Å². The fourth-order valence-corrected chi connectivity index (χ4v) is 2.64. The average Bonchev–Trinajstić information content (AvgIpc) is 3.21. The molecule has 1 aromatic heterocycles. The second-order valence-corrected chi connectivity index (χ2v) is 5.94. The minimum Gasteiger partial charge on any atom is -0.495 e. The Kier molecular flexibility index (Phi) is 4.55. The number of furan rings is 1. The lowest BCUT2D eigenvalue weighted by Crippen LogP contribution is -2.27. The van der Waals surface area contributed by atoms with Gasteiger partial charge in [-0.25, -0.2) is 0 Å². The van der Waals surface area contributed by atoms with Crippen LogP contribution in [0.3, 0.4) is 0 Å². The van der Waals surface area contributed by atoms with Crippen LogP contribution in [0.4, 0.5) is 5.69 Å². The highest BCUT2D eigenvalue weighted by atomic mass is 16.5. The first kappa shape index (κ1) is 16.1. The Balaban J connectivity index is 1.54. The molecule has 3 rings (SSSR count). The van der Waals surface area contributed by atoms with Gasteiger partial charge in [0, 0.05) is 0 Å². The summed E-state index contributed by atoms with van der Waals surface area (Å²) >= 11 is 0. The third-order valence-electron chi connectivity index (χ3n) is 4.09. The first-order chi connectivity index (χ1) is 11.6. The minimum atomic E-state index is -0.299. The summed E-state index contributed by atoms with van der Waals surface area (Å²) in [5.41, 5.74) is 1.65. The molecule has 1 aromatic carbocycles. The Morgan fingerprint density at radius 1 is 1.25 bits per heavy atom. The van der Waals surface area contributed by atoms with E-state index >= 15 is 0 Å². The third kappa shape index (κ3) is 3.59. The molecule has 1 aliphatic carbocycles. The summed E-state index contributed by atoms with van der Waals surface area (Å²) in [4.78, 5) is 24.4. The number of hydrogen-bond donors (Lipinski definition) is 2. The molecule has 1 fully saturated rings. The summed E-state index contributed by atoms with van der Waals surface area (Å²) < 4.78 is 10.4. The predicted octanol–water partition coefficient (Wildman–Crippen LogP) is 2.49. The van der Waals surface area contributed by atoms with Crippen LogP contribution in [0.1, 0.15) is 17.7 Å². The molecule has 0 spiro atoms. The summed E-state index contributed by atoms with van der Waals surface area (Å²) in [5, 5.41) is 5.65. The third-order valence-corrected chi connectivity index (χ3v) is 4.09. The van der Waals surface area contributed by atoms with E-state index in [4.69, 9.17) is 9.15 Å². The SMILES string of the molecule is COc1ccc(C)cc1NC(=O)C1CC1C(=O)NCc1ccco1. The number of aryl methyl sites for hydroxylation is 1. The van der Waals surface area contributed by atoms with Crippen molar-refractivity contribution >= 4 is 17.5 Å². The number of benzene rings is 1. The smallest absolute Gasteiger partial charge is 0.228 e. The van der Waals surface area contributed by atoms with Crippen LogP contribution in [0, 0.1) is 18.8 Å². The molecule has 126 valence electrons. The summed E-state index contributed by atoms with van der Waals surface area (Å²) in [6.07, 6.45) is 2.12. The van der Waals surface area contributed by atoms with Crippen molar-refractivity contribution in [2.45, 2.75) is 19.9 Å². The largest absolute Gasteiger partial charge is 0.495 e. The van der Waals surface area contributed by atoms with Crippen LogP contribution in [-0.4, -0.2) is 18.9 Å². The highest BCUT2D eigenvalue weighted by molar-refractivity contribution is 6.00. The molecule has 0 saturated heterocycles. The molecule has 0 radical (unpaired) electrons. The molecule has 6 nitrogen and oxygen atoms in total. The van der Waals surface area contributed by atoms with Gasteiger partial charge in [-0.15, -0.1) is 0 Å². The molecule has 1 saturated carbocycles. The number of carbonyl (C=O) groups excluding carboxylic acids is 2. The maximum Gasteiger partial charge on any atom is 0.228 e. The van der Waals surface area contributed by atoms with Crippen molar-refractivity contribution in [3.8, 4) is 5.75 Å². The van der Waals surface area contributed by atoms with E-state index in [1.54, 1.807) is 25.5 Å². The van der Waals surface area contributed by atoms with E-state index in [1.807, 2.05) is 25.1 Å². The first-order valence-corrected chi connectivity index (χ1v) is 7.84. The molecule has 2 N–H and O–H groups in total. The highest BCUT2D eigenvalue weighted by Gasteiger charge is 2.48. The quantitative estimate of drug-likeness (QED) is 0.854. The van der Waals surface area contributed by atoms with Gasteiger partial charge in [-0.2, -0.15) is 0 Å². The summed E-state index contributed by atoms with van der Waals surface area (Å²) in [6, 6.07) is 9.14. The molecule has 24 heavy (non-hydrogen) atoms. The molecule has 0 aliphatic heterocycles. The van der Waals surface area contributed by atoms with Crippen molar-refractivity contribution in [1.29, 1.82) is 0 Å². The molecule has 2 aromatic rings. The number of amides is 2. The number of nitrogens with one attached hydrogen (secondary N) is 2. The van der Waals surface area contributed by atoms with Crippen LogP contribution in [0.2, 0.25) is 0 Å². The van der Waals surface area contributed by atoms with Gasteiger partial charge < -0.3 is 19.8 Å². The number of anilines is 1. The van der Waals surface area contributed by atoms with Gasteiger partial charge in [0.2, 0.25) is 11.8 Å². The Morgan fingerprint density at radius 3 is 2.75 bits per heavy atom. The second-order valence-electron chi connectivity index (χ2n) is 5.94. The van der Waals surface area contributed by atoms with Gasteiger partial charge in [0.05, 0.1) is 37.4 Å². The van der Waals surface area contributed by atoms with Crippen molar-refractivity contribution in [3.05, 3.63) is 47.9 Å². The van der Waals surface area contributed by atoms with Crippen LogP contribution >= 0.6 is 0 Å². The molecule has 2 unspecified atom stereocenters. The molecule has 2 amide bonds. The minimum absolute atomic E-state index is 0.122. The number of methoxy groups -OCH3 is 1. The van der Waals surface area contributed by atoms with Crippen LogP contribution in [0.15, 0.2) is 41.0 Å². The zero-order valence-corrected chi connectivity index (χ0v) is 13.7. The summed E-state index contributed by atoms with van der Waals surface area (Å²) in [6.45, 7) is 2.28. The summed E-state index contributed by atoms with van der Waals surface area (Å²) in [5.74, 6) is 0.435. The van der Waals surface area contributed by atoms with Gasteiger partial charge >= 0.3 is 0 Å². The van der Waals surface area contributed by atoms with Crippen molar-refractivity contribution in [2.24, 2.45) is 11.8 Å². The zero-order chi connectivity index (χ0) is 17.1. The fraction of sp³-hybridized carbons (Fsp3) is 0.333. The van der Waals surface area contributed by atoms with E-state index in [0.717, 1.165) is 5.56 Å². The van der Waals surface area contributed by atoms with Crippen molar-refractivity contribution < 1.29 is 18.7 Å². The Bertz CT molecular complexity index is 739. The van der Waals surface area contributed by atoms with Gasteiger partial charge in [-0.1, -0.05) is 6.07 Å². The van der Waals surface area contributed by atoms with E-state index < -0.39 is 0 Å². The van der Waals surface area contributed by atoms with Crippen LogP contribution in [0.25, 0.3) is 0 Å². The lowest BCUT2D eigenvalue weighted by atomic mass is 10.2. The van der Waals surface area contributed by atoms with E-state index in [-0.39, 0.29) is 23.7 Å². The van der Waals surface area contributed by atoms with Crippen LogP contribution < -0.4 is 15.4 Å². The van der Waals surface area contributed by atoms with E-state index in [9.17, 15) is 9.59 Å². The number of ether oxygens (including phenoxy) is 1. The number of hydrogen-bond acceptors (Lipinski definition) is 4. The Morgan fingerprint density at radius 2 is 2.04 bits per heavy atom. The van der Waals surface area contributed by atoms with Crippen LogP contribution in [0.5, 0.6) is 5.75 Å². The van der Waals surface area contributed by atoms with Crippen molar-refractivity contribution in [3.63, 3.8) is 0 Å². The molecule has 1 aliphatic rings. The maximum absolute atomic E-state index is 12.3. The van der Waals surface area contributed by atoms with Gasteiger partial charge in [0.15, 0.2) is 0 Å².